The quantitative estimate of drug-likeness (QED) is 0.771. The zero-order valence-corrected chi connectivity index (χ0v) is 10.4. The van der Waals surface area contributed by atoms with Gasteiger partial charge < -0.3 is 0 Å². The molecule has 0 radical (unpaired) electrons. The molecular formula is C10H8BrCl2N. The maximum Gasteiger partial charge on any atom is 0.0668 e. The molecule has 1 aromatic rings. The standard InChI is InChI=1S/C10H8BrCl2N/c11-5-7(6-14)4-8-2-1-3-9(12)10(8)13/h1-3,7H,4-5H2. The molecule has 4 heteroatoms. The van der Waals surface area contributed by atoms with Gasteiger partial charge in [-0.25, -0.2) is 0 Å². The van der Waals surface area contributed by atoms with Crippen molar-refractivity contribution in [2.75, 3.05) is 5.33 Å². The summed E-state index contributed by atoms with van der Waals surface area (Å²) >= 11 is 15.1. The Balaban J connectivity index is 2.87. The van der Waals surface area contributed by atoms with Crippen LogP contribution in [0, 0.1) is 17.2 Å². The second-order valence-corrected chi connectivity index (χ2v) is 4.33. The smallest absolute Gasteiger partial charge is 0.0668 e. The molecule has 0 N–H and O–H groups in total. The normalized spacial score (nSPS) is 12.1. The van der Waals surface area contributed by atoms with E-state index in [1.54, 1.807) is 6.07 Å². The van der Waals surface area contributed by atoms with Gasteiger partial charge in [-0.15, -0.1) is 0 Å². The van der Waals surface area contributed by atoms with Crippen LogP contribution >= 0.6 is 39.1 Å². The summed E-state index contributed by atoms with van der Waals surface area (Å²) in [6, 6.07) is 7.67. The molecule has 0 aromatic heterocycles. The summed E-state index contributed by atoms with van der Waals surface area (Å²) in [6.45, 7) is 0. The number of nitrogens with zero attached hydrogens (tertiary/aromatic N) is 1. The second-order valence-electron chi connectivity index (χ2n) is 2.90. The summed E-state index contributed by atoms with van der Waals surface area (Å²) in [6.07, 6.45) is 0.626. The Kier molecular flexibility index (Phi) is 4.74. The highest BCUT2D eigenvalue weighted by Crippen LogP contribution is 2.27. The fourth-order valence-electron chi connectivity index (χ4n) is 1.11. The largest absolute Gasteiger partial charge is 0.198 e. The summed E-state index contributed by atoms with van der Waals surface area (Å²) in [5, 5.41) is 10.5. The van der Waals surface area contributed by atoms with Crippen LogP contribution < -0.4 is 0 Å². The number of alkyl halides is 1. The van der Waals surface area contributed by atoms with E-state index < -0.39 is 0 Å². The third-order valence-corrected chi connectivity index (χ3v) is 3.51. The zero-order valence-electron chi connectivity index (χ0n) is 7.30. The molecule has 14 heavy (non-hydrogen) atoms. The van der Waals surface area contributed by atoms with Crippen LogP contribution in [0.1, 0.15) is 5.56 Å². The van der Waals surface area contributed by atoms with Crippen molar-refractivity contribution in [2.45, 2.75) is 6.42 Å². The van der Waals surface area contributed by atoms with E-state index in [1.807, 2.05) is 12.1 Å². The summed E-state index contributed by atoms with van der Waals surface area (Å²) < 4.78 is 0. The maximum absolute atomic E-state index is 8.79. The van der Waals surface area contributed by atoms with E-state index in [0.29, 0.717) is 21.8 Å². The third-order valence-electron chi connectivity index (χ3n) is 1.87. The monoisotopic (exact) mass is 291 g/mol. The molecule has 0 heterocycles. The average molecular weight is 293 g/mol. The van der Waals surface area contributed by atoms with Crippen molar-refractivity contribution in [3.63, 3.8) is 0 Å². The fraction of sp³-hybridized carbons (Fsp3) is 0.300. The molecule has 1 rings (SSSR count). The van der Waals surface area contributed by atoms with Crippen molar-refractivity contribution in [1.29, 1.82) is 5.26 Å². The van der Waals surface area contributed by atoms with Crippen molar-refractivity contribution in [3.8, 4) is 6.07 Å². The summed E-state index contributed by atoms with van der Waals surface area (Å²) in [4.78, 5) is 0. The van der Waals surface area contributed by atoms with Crippen molar-refractivity contribution >= 4 is 39.1 Å². The SMILES string of the molecule is N#CC(CBr)Cc1cccc(Cl)c1Cl. The average Bonchev–Trinajstić information content (AvgIpc) is 2.20. The molecule has 0 bridgehead atoms. The Labute approximate surface area is 102 Å². The minimum atomic E-state index is -0.0639. The van der Waals surface area contributed by atoms with Crippen LogP contribution in [0.15, 0.2) is 18.2 Å². The van der Waals surface area contributed by atoms with Crippen LogP contribution in [0.5, 0.6) is 0 Å². The van der Waals surface area contributed by atoms with Crippen molar-refractivity contribution in [2.24, 2.45) is 5.92 Å². The molecule has 0 amide bonds. The number of benzene rings is 1. The van der Waals surface area contributed by atoms with Gasteiger partial charge >= 0.3 is 0 Å². The van der Waals surface area contributed by atoms with Crippen LogP contribution in [-0.2, 0) is 6.42 Å². The molecule has 1 nitrogen and oxygen atoms in total. The van der Waals surface area contributed by atoms with Gasteiger partial charge in [0.05, 0.1) is 22.0 Å². The van der Waals surface area contributed by atoms with Crippen LogP contribution in [-0.4, -0.2) is 5.33 Å². The van der Waals surface area contributed by atoms with Crippen LogP contribution in [0.25, 0.3) is 0 Å². The van der Waals surface area contributed by atoms with Crippen molar-refractivity contribution in [3.05, 3.63) is 33.8 Å². The molecule has 0 aliphatic carbocycles. The van der Waals surface area contributed by atoms with E-state index >= 15 is 0 Å². The van der Waals surface area contributed by atoms with Gasteiger partial charge in [-0.3, -0.25) is 0 Å². The lowest BCUT2D eigenvalue weighted by atomic mass is 10.0. The zero-order chi connectivity index (χ0) is 10.6. The first-order valence-corrected chi connectivity index (χ1v) is 5.95. The summed E-state index contributed by atoms with van der Waals surface area (Å²) in [5.74, 6) is -0.0639. The highest BCUT2D eigenvalue weighted by Gasteiger charge is 2.10. The van der Waals surface area contributed by atoms with E-state index in [9.17, 15) is 0 Å². The molecule has 0 aliphatic rings. The van der Waals surface area contributed by atoms with Gasteiger partial charge in [0.25, 0.3) is 0 Å². The fourth-order valence-corrected chi connectivity index (χ4v) is 1.88. The number of halogens is 3. The van der Waals surface area contributed by atoms with Gasteiger partial charge in [0, 0.05) is 5.33 Å². The number of nitriles is 1. The van der Waals surface area contributed by atoms with Gasteiger partial charge in [0.2, 0.25) is 0 Å². The van der Waals surface area contributed by atoms with Gasteiger partial charge in [-0.2, -0.15) is 5.26 Å². The van der Waals surface area contributed by atoms with E-state index in [-0.39, 0.29) is 5.92 Å². The lowest BCUT2D eigenvalue weighted by Gasteiger charge is -2.07. The molecular weight excluding hydrogens is 285 g/mol. The maximum atomic E-state index is 8.79. The second kappa shape index (κ2) is 5.60. The predicted molar refractivity (Wildman–Crippen MR) is 63.1 cm³/mol. The highest BCUT2D eigenvalue weighted by molar-refractivity contribution is 9.09. The highest BCUT2D eigenvalue weighted by atomic mass is 79.9. The van der Waals surface area contributed by atoms with Gasteiger partial charge in [-0.1, -0.05) is 51.3 Å². The predicted octanol–water partition coefficient (Wildman–Crippen LogP) is 4.07. The Morgan fingerprint density at radius 3 is 2.71 bits per heavy atom. The molecule has 0 fully saturated rings. The Bertz CT molecular complexity index is 360. The molecule has 1 unspecified atom stereocenters. The molecule has 0 spiro atoms. The lowest BCUT2D eigenvalue weighted by molar-refractivity contribution is 0.756. The van der Waals surface area contributed by atoms with Crippen LogP contribution in [0.3, 0.4) is 0 Å². The van der Waals surface area contributed by atoms with E-state index in [0.717, 1.165) is 5.56 Å². The Morgan fingerprint density at radius 1 is 1.43 bits per heavy atom. The molecule has 74 valence electrons. The Hall–Kier alpha value is -0.230. The first-order chi connectivity index (χ1) is 6.69. The van der Waals surface area contributed by atoms with Crippen LogP contribution in [0.4, 0.5) is 0 Å². The molecule has 1 atom stereocenters. The summed E-state index contributed by atoms with van der Waals surface area (Å²) in [7, 11) is 0. The number of rotatable bonds is 3. The van der Waals surface area contributed by atoms with Gasteiger partial charge in [0.1, 0.15) is 0 Å². The van der Waals surface area contributed by atoms with Gasteiger partial charge in [-0.05, 0) is 18.1 Å². The van der Waals surface area contributed by atoms with E-state index in [2.05, 4.69) is 22.0 Å². The van der Waals surface area contributed by atoms with Crippen LogP contribution in [0.2, 0.25) is 10.0 Å². The van der Waals surface area contributed by atoms with Crippen molar-refractivity contribution in [1.82, 2.24) is 0 Å². The summed E-state index contributed by atoms with van der Waals surface area (Å²) in [5.41, 5.74) is 0.921. The van der Waals surface area contributed by atoms with Gasteiger partial charge in [0.15, 0.2) is 0 Å². The first kappa shape index (κ1) is 11.8. The van der Waals surface area contributed by atoms with E-state index in [1.165, 1.54) is 0 Å². The Morgan fingerprint density at radius 2 is 2.14 bits per heavy atom. The number of hydrogen-bond donors (Lipinski definition) is 0. The number of hydrogen-bond acceptors (Lipinski definition) is 1. The van der Waals surface area contributed by atoms with E-state index in [4.69, 9.17) is 28.5 Å². The topological polar surface area (TPSA) is 23.8 Å². The minimum absolute atomic E-state index is 0.0639. The molecule has 0 saturated heterocycles. The molecule has 0 saturated carbocycles. The first-order valence-electron chi connectivity index (χ1n) is 4.07. The lowest BCUT2D eigenvalue weighted by Crippen LogP contribution is -2.03. The molecule has 0 aliphatic heterocycles. The molecule has 1 aromatic carbocycles. The van der Waals surface area contributed by atoms with Crippen molar-refractivity contribution < 1.29 is 0 Å². The minimum Gasteiger partial charge on any atom is -0.198 e. The third kappa shape index (κ3) is 2.88.